The van der Waals surface area contributed by atoms with Crippen LogP contribution < -0.4 is 11.3 Å². The van der Waals surface area contributed by atoms with E-state index in [1.54, 1.807) is 0 Å². The maximum Gasteiger partial charge on any atom is 0.0754 e. The highest BCUT2D eigenvalue weighted by Gasteiger charge is 2.04. The van der Waals surface area contributed by atoms with Gasteiger partial charge in [0.25, 0.3) is 0 Å². The Bertz CT molecular complexity index is 365. The van der Waals surface area contributed by atoms with E-state index in [9.17, 15) is 0 Å². The first-order valence-corrected chi connectivity index (χ1v) is 4.73. The molecule has 0 spiro atoms. The van der Waals surface area contributed by atoms with Crippen molar-refractivity contribution in [3.8, 4) is 0 Å². The van der Waals surface area contributed by atoms with Crippen LogP contribution in [0.25, 0.3) is 5.70 Å². The second-order valence-electron chi connectivity index (χ2n) is 3.57. The maximum atomic E-state index is 5.75. The Morgan fingerprint density at radius 2 is 1.80 bits per heavy atom. The zero-order chi connectivity index (χ0) is 11.4. The highest BCUT2D eigenvalue weighted by Crippen LogP contribution is 2.13. The van der Waals surface area contributed by atoms with Gasteiger partial charge in [0, 0.05) is 11.3 Å². The summed E-state index contributed by atoms with van der Waals surface area (Å²) in [7, 11) is 0. The second kappa shape index (κ2) is 4.66. The summed E-state index contributed by atoms with van der Waals surface area (Å²) < 4.78 is 0. The van der Waals surface area contributed by atoms with Gasteiger partial charge >= 0.3 is 0 Å². The number of rotatable bonds is 4. The zero-order valence-electron chi connectivity index (χ0n) is 9.25. The van der Waals surface area contributed by atoms with E-state index >= 15 is 0 Å². The lowest BCUT2D eigenvalue weighted by molar-refractivity contribution is 0.338. The van der Waals surface area contributed by atoms with Crippen LogP contribution in [-0.4, -0.2) is 5.12 Å². The molecule has 3 heteroatoms. The summed E-state index contributed by atoms with van der Waals surface area (Å²) >= 11 is 0. The second-order valence-corrected chi connectivity index (χ2v) is 3.57. The highest BCUT2D eigenvalue weighted by molar-refractivity contribution is 5.61. The number of nitrogens with two attached hydrogens (primary N) is 1. The standard InChI is InChI=1S/C12H17N3/c1-9(2)14-15(13)11(4)12-7-5-10(3)6-8-12/h5-8,14H,1,4,13H2,2-3H3. The van der Waals surface area contributed by atoms with Crippen molar-refractivity contribution in [1.29, 1.82) is 0 Å². The van der Waals surface area contributed by atoms with E-state index in [4.69, 9.17) is 5.84 Å². The third-order valence-electron chi connectivity index (χ3n) is 1.99. The minimum absolute atomic E-state index is 0.706. The molecule has 1 aromatic rings. The fourth-order valence-electron chi connectivity index (χ4n) is 1.16. The first kappa shape index (κ1) is 11.3. The van der Waals surface area contributed by atoms with Gasteiger partial charge in [-0.25, -0.2) is 11.0 Å². The van der Waals surface area contributed by atoms with Crippen LogP contribution in [0.1, 0.15) is 18.1 Å². The van der Waals surface area contributed by atoms with Gasteiger partial charge in [-0.15, -0.1) is 0 Å². The lowest BCUT2D eigenvalue weighted by Gasteiger charge is -2.22. The molecular weight excluding hydrogens is 186 g/mol. The largest absolute Gasteiger partial charge is 0.289 e. The van der Waals surface area contributed by atoms with Crippen molar-refractivity contribution in [3.63, 3.8) is 0 Å². The molecule has 1 aromatic carbocycles. The number of allylic oxidation sites excluding steroid dienone is 1. The molecule has 0 aliphatic carbocycles. The van der Waals surface area contributed by atoms with Gasteiger partial charge in [-0.3, -0.25) is 5.43 Å². The van der Waals surface area contributed by atoms with Crippen LogP contribution in [0.4, 0.5) is 0 Å². The summed E-state index contributed by atoms with van der Waals surface area (Å²) in [6.45, 7) is 11.5. The average Bonchev–Trinajstić information content (AvgIpc) is 2.17. The third-order valence-corrected chi connectivity index (χ3v) is 1.99. The number of hydrogen-bond acceptors (Lipinski definition) is 3. The van der Waals surface area contributed by atoms with E-state index < -0.39 is 0 Å². The van der Waals surface area contributed by atoms with Crippen LogP contribution in [0.15, 0.2) is 43.1 Å². The summed E-state index contributed by atoms with van der Waals surface area (Å²) in [5, 5.41) is 1.37. The molecule has 3 N–H and O–H groups in total. The molecule has 0 aliphatic heterocycles. The number of hydrazine groups is 2. The number of nitrogens with one attached hydrogen (secondary N) is 1. The van der Waals surface area contributed by atoms with Crippen LogP contribution in [-0.2, 0) is 0 Å². The van der Waals surface area contributed by atoms with Gasteiger partial charge in [-0.05, 0) is 13.8 Å². The van der Waals surface area contributed by atoms with E-state index in [0.29, 0.717) is 5.70 Å². The fraction of sp³-hybridized carbons (Fsp3) is 0.167. The minimum Gasteiger partial charge on any atom is -0.289 e. The summed E-state index contributed by atoms with van der Waals surface area (Å²) in [6, 6.07) is 8.01. The normalized spacial score (nSPS) is 9.53. The van der Waals surface area contributed by atoms with Crippen molar-refractivity contribution in [2.75, 3.05) is 0 Å². The van der Waals surface area contributed by atoms with Crippen molar-refractivity contribution in [3.05, 3.63) is 54.2 Å². The van der Waals surface area contributed by atoms with Gasteiger partial charge in [0.05, 0.1) is 5.70 Å². The van der Waals surface area contributed by atoms with Gasteiger partial charge in [-0.2, -0.15) is 0 Å². The molecule has 0 saturated carbocycles. The minimum atomic E-state index is 0.706. The van der Waals surface area contributed by atoms with E-state index in [2.05, 4.69) is 18.6 Å². The van der Waals surface area contributed by atoms with Crippen molar-refractivity contribution in [1.82, 2.24) is 10.5 Å². The lowest BCUT2D eigenvalue weighted by atomic mass is 10.1. The lowest BCUT2D eigenvalue weighted by Crippen LogP contribution is -2.40. The van der Waals surface area contributed by atoms with E-state index in [1.807, 2.05) is 38.1 Å². The molecule has 0 radical (unpaired) electrons. The van der Waals surface area contributed by atoms with Crippen LogP contribution in [0.2, 0.25) is 0 Å². The maximum absolute atomic E-state index is 5.75. The number of benzene rings is 1. The Kier molecular flexibility index (Phi) is 3.52. The van der Waals surface area contributed by atoms with Gasteiger partial charge in [0.15, 0.2) is 0 Å². The Morgan fingerprint density at radius 1 is 1.27 bits per heavy atom. The van der Waals surface area contributed by atoms with Crippen LogP contribution in [0.3, 0.4) is 0 Å². The summed E-state index contributed by atoms with van der Waals surface area (Å²) in [5.41, 5.74) is 6.54. The molecule has 0 saturated heterocycles. The predicted octanol–water partition coefficient (Wildman–Crippen LogP) is 2.18. The van der Waals surface area contributed by atoms with Gasteiger partial charge in [-0.1, -0.05) is 43.0 Å². The molecule has 15 heavy (non-hydrogen) atoms. The fourth-order valence-corrected chi connectivity index (χ4v) is 1.16. The van der Waals surface area contributed by atoms with E-state index in [0.717, 1.165) is 11.3 Å². The molecule has 0 aromatic heterocycles. The summed E-state index contributed by atoms with van der Waals surface area (Å²) in [6.07, 6.45) is 0. The van der Waals surface area contributed by atoms with Crippen molar-refractivity contribution in [2.24, 2.45) is 5.84 Å². The monoisotopic (exact) mass is 203 g/mol. The predicted molar refractivity (Wildman–Crippen MR) is 64.2 cm³/mol. The van der Waals surface area contributed by atoms with Crippen molar-refractivity contribution >= 4 is 5.70 Å². The SMILES string of the molecule is C=C(C)NN(N)C(=C)c1ccc(C)cc1. The topological polar surface area (TPSA) is 41.3 Å². The van der Waals surface area contributed by atoms with Crippen LogP contribution in [0, 0.1) is 6.92 Å². The Labute approximate surface area is 90.8 Å². The summed E-state index contributed by atoms with van der Waals surface area (Å²) in [4.78, 5) is 0. The molecule has 0 bridgehead atoms. The molecule has 80 valence electrons. The Morgan fingerprint density at radius 3 is 2.27 bits per heavy atom. The van der Waals surface area contributed by atoms with Gasteiger partial charge < -0.3 is 0 Å². The third kappa shape index (κ3) is 3.14. The number of nitrogens with zero attached hydrogens (tertiary/aromatic N) is 1. The van der Waals surface area contributed by atoms with E-state index in [-0.39, 0.29) is 0 Å². The quantitative estimate of drug-likeness (QED) is 0.582. The number of hydrogen-bond donors (Lipinski definition) is 2. The van der Waals surface area contributed by atoms with Crippen LogP contribution >= 0.6 is 0 Å². The molecule has 0 aliphatic rings. The molecule has 3 nitrogen and oxygen atoms in total. The molecule has 0 fully saturated rings. The Hall–Kier alpha value is -1.74. The molecular formula is C12H17N3. The number of aryl methyl sites for hydroxylation is 1. The van der Waals surface area contributed by atoms with E-state index in [1.165, 1.54) is 10.7 Å². The molecule has 0 unspecified atom stereocenters. The molecule has 0 heterocycles. The van der Waals surface area contributed by atoms with Gasteiger partial charge in [0.1, 0.15) is 0 Å². The summed E-state index contributed by atoms with van der Waals surface area (Å²) in [5.74, 6) is 5.75. The van der Waals surface area contributed by atoms with Gasteiger partial charge in [0.2, 0.25) is 0 Å². The smallest absolute Gasteiger partial charge is 0.0754 e. The molecule has 1 rings (SSSR count). The Balaban J connectivity index is 2.76. The highest BCUT2D eigenvalue weighted by atomic mass is 15.7. The van der Waals surface area contributed by atoms with Crippen molar-refractivity contribution in [2.45, 2.75) is 13.8 Å². The van der Waals surface area contributed by atoms with Crippen LogP contribution in [0.5, 0.6) is 0 Å². The first-order chi connectivity index (χ1) is 7.00. The van der Waals surface area contributed by atoms with Crippen molar-refractivity contribution < 1.29 is 0 Å². The zero-order valence-corrected chi connectivity index (χ0v) is 9.25. The molecule has 0 atom stereocenters. The molecule has 0 amide bonds. The first-order valence-electron chi connectivity index (χ1n) is 4.73. The average molecular weight is 203 g/mol.